The average molecular weight is 229 g/mol. The Labute approximate surface area is 99.7 Å². The highest BCUT2D eigenvalue weighted by Crippen LogP contribution is 2.12. The van der Waals surface area contributed by atoms with E-state index in [1.54, 1.807) is 0 Å². The van der Waals surface area contributed by atoms with Crippen molar-refractivity contribution < 1.29 is 0 Å². The summed E-state index contributed by atoms with van der Waals surface area (Å²) < 4.78 is 3.77. The number of aromatic nitrogens is 2. The molecule has 5 nitrogen and oxygen atoms in total. The van der Waals surface area contributed by atoms with E-state index in [0.717, 1.165) is 11.3 Å². The van der Waals surface area contributed by atoms with Crippen LogP contribution in [0, 0.1) is 6.92 Å². The van der Waals surface area contributed by atoms with Gasteiger partial charge in [0.2, 0.25) is 5.62 Å². The van der Waals surface area contributed by atoms with Crippen LogP contribution in [0.2, 0.25) is 0 Å². The van der Waals surface area contributed by atoms with Crippen LogP contribution in [0.3, 0.4) is 0 Å². The second-order valence-corrected chi connectivity index (χ2v) is 3.94. The van der Waals surface area contributed by atoms with Crippen molar-refractivity contribution in [3.05, 3.63) is 47.8 Å². The van der Waals surface area contributed by atoms with Gasteiger partial charge in [0.05, 0.1) is 5.69 Å². The lowest BCUT2D eigenvalue weighted by Crippen LogP contribution is -2.20. The number of rotatable bonds is 2. The smallest absolute Gasteiger partial charge is 0.231 e. The van der Waals surface area contributed by atoms with Gasteiger partial charge in [-0.05, 0) is 24.3 Å². The molecule has 0 aliphatic carbocycles. The van der Waals surface area contributed by atoms with Crippen LogP contribution in [-0.2, 0) is 14.1 Å². The zero-order valence-corrected chi connectivity index (χ0v) is 10.2. The molecule has 0 aliphatic rings. The highest BCUT2D eigenvalue weighted by Gasteiger charge is 1.91. The molecule has 1 aromatic heterocycles. The fraction of sp³-hybridized carbons (Fsp3) is 0.250. The summed E-state index contributed by atoms with van der Waals surface area (Å²) in [5.74, 6) is 0. The van der Waals surface area contributed by atoms with Gasteiger partial charge < -0.3 is 9.13 Å². The molecular weight excluding hydrogens is 214 g/mol. The van der Waals surface area contributed by atoms with E-state index >= 15 is 0 Å². The molecule has 0 fully saturated rings. The van der Waals surface area contributed by atoms with Crippen molar-refractivity contribution in [3.63, 3.8) is 0 Å². The average Bonchev–Trinajstić information content (AvgIpc) is 2.63. The Hall–Kier alpha value is -2.17. The normalized spacial score (nSPS) is 11.0. The number of hydrogen-bond acceptors (Lipinski definition) is 2. The molecule has 0 bridgehead atoms. The van der Waals surface area contributed by atoms with E-state index in [-0.39, 0.29) is 0 Å². The summed E-state index contributed by atoms with van der Waals surface area (Å²) in [6.45, 7) is 2.04. The van der Waals surface area contributed by atoms with Crippen LogP contribution < -0.4 is 5.62 Å². The number of nitrogens with zero attached hydrogens (tertiary/aromatic N) is 5. The second kappa shape index (κ2) is 4.78. The van der Waals surface area contributed by atoms with Crippen LogP contribution in [0.5, 0.6) is 0 Å². The van der Waals surface area contributed by atoms with Gasteiger partial charge in [-0.25, -0.2) is 0 Å². The molecule has 1 aromatic carbocycles. The van der Waals surface area contributed by atoms with Crippen LogP contribution in [0.1, 0.15) is 5.56 Å². The Morgan fingerprint density at radius 2 is 1.53 bits per heavy atom. The fourth-order valence-corrected chi connectivity index (χ4v) is 1.45. The van der Waals surface area contributed by atoms with Crippen LogP contribution in [0.15, 0.2) is 52.1 Å². The summed E-state index contributed by atoms with van der Waals surface area (Å²) in [5.41, 5.74) is 2.76. The predicted molar refractivity (Wildman–Crippen MR) is 65.6 cm³/mol. The second-order valence-electron chi connectivity index (χ2n) is 3.94. The molecule has 0 spiro atoms. The summed E-state index contributed by atoms with van der Waals surface area (Å²) in [4.78, 5) is 0. The van der Waals surface area contributed by atoms with Crippen LogP contribution >= 0.6 is 0 Å². The quantitative estimate of drug-likeness (QED) is 0.560. The van der Waals surface area contributed by atoms with Crippen LogP contribution in [0.25, 0.3) is 0 Å². The molecule has 0 aliphatic heterocycles. The van der Waals surface area contributed by atoms with E-state index in [4.69, 9.17) is 0 Å². The van der Waals surface area contributed by atoms with Gasteiger partial charge in [-0.15, -0.1) is 5.11 Å². The Morgan fingerprint density at radius 1 is 0.941 bits per heavy atom. The van der Waals surface area contributed by atoms with E-state index in [1.807, 2.05) is 66.8 Å². The molecule has 0 atom stereocenters. The first-order valence-corrected chi connectivity index (χ1v) is 5.36. The largest absolute Gasteiger partial charge is 0.319 e. The third kappa shape index (κ3) is 2.69. The molecule has 2 rings (SSSR count). The SMILES string of the molecule is Cc1ccc(N=NN=c2n(C)ccn2C)cc1. The molecular formula is C12H15N5. The first-order chi connectivity index (χ1) is 8.16. The van der Waals surface area contributed by atoms with Gasteiger partial charge in [-0.2, -0.15) is 0 Å². The molecule has 0 radical (unpaired) electrons. The lowest BCUT2D eigenvalue weighted by Gasteiger charge is -1.92. The van der Waals surface area contributed by atoms with Gasteiger partial charge in [-0.1, -0.05) is 22.8 Å². The third-order valence-corrected chi connectivity index (χ3v) is 2.47. The molecule has 0 unspecified atom stereocenters. The van der Waals surface area contributed by atoms with E-state index in [1.165, 1.54) is 5.56 Å². The molecule has 0 amide bonds. The zero-order chi connectivity index (χ0) is 12.3. The summed E-state index contributed by atoms with van der Waals surface area (Å²) >= 11 is 0. The monoisotopic (exact) mass is 229 g/mol. The van der Waals surface area contributed by atoms with Crippen molar-refractivity contribution in [2.75, 3.05) is 0 Å². The summed E-state index contributed by atoms with van der Waals surface area (Å²) in [6.07, 6.45) is 3.83. The number of hydrogen-bond donors (Lipinski definition) is 0. The summed E-state index contributed by atoms with van der Waals surface area (Å²) in [7, 11) is 3.83. The first kappa shape index (κ1) is 11.3. The number of benzene rings is 1. The zero-order valence-electron chi connectivity index (χ0n) is 10.2. The lowest BCUT2D eigenvalue weighted by atomic mass is 10.2. The van der Waals surface area contributed by atoms with Gasteiger partial charge in [0.25, 0.3) is 0 Å². The van der Waals surface area contributed by atoms with E-state index in [0.29, 0.717) is 0 Å². The predicted octanol–water partition coefficient (Wildman–Crippen LogP) is 2.27. The molecule has 5 heteroatoms. The molecule has 88 valence electrons. The lowest BCUT2D eigenvalue weighted by molar-refractivity contribution is 0.718. The van der Waals surface area contributed by atoms with Gasteiger partial charge in [0, 0.05) is 26.5 Å². The maximum absolute atomic E-state index is 4.07. The third-order valence-electron chi connectivity index (χ3n) is 2.47. The first-order valence-electron chi connectivity index (χ1n) is 5.36. The highest BCUT2D eigenvalue weighted by molar-refractivity contribution is 5.37. The fourth-order valence-electron chi connectivity index (χ4n) is 1.45. The Kier molecular flexibility index (Phi) is 3.18. The maximum atomic E-state index is 4.07. The van der Waals surface area contributed by atoms with Crippen molar-refractivity contribution in [1.82, 2.24) is 9.13 Å². The Morgan fingerprint density at radius 3 is 2.12 bits per heavy atom. The highest BCUT2D eigenvalue weighted by atomic mass is 15.4. The van der Waals surface area contributed by atoms with Crippen molar-refractivity contribution in [3.8, 4) is 0 Å². The van der Waals surface area contributed by atoms with Crippen molar-refractivity contribution in [2.45, 2.75) is 6.92 Å². The van der Waals surface area contributed by atoms with Gasteiger partial charge in [0.1, 0.15) is 0 Å². The minimum absolute atomic E-state index is 0.751. The minimum Gasteiger partial charge on any atom is -0.319 e. The summed E-state index contributed by atoms with van der Waals surface area (Å²) in [6, 6.07) is 7.83. The minimum atomic E-state index is 0.751. The molecule has 0 saturated heterocycles. The standard InChI is InChI=1S/C12H15N5/c1-10-4-6-11(7-5-10)13-15-14-12-16(2)8-9-17(12)3/h4-9H,1-3H3. The Bertz CT molecular complexity index is 564. The van der Waals surface area contributed by atoms with Crippen molar-refractivity contribution in [2.24, 2.45) is 29.5 Å². The van der Waals surface area contributed by atoms with E-state index in [9.17, 15) is 0 Å². The van der Waals surface area contributed by atoms with Crippen molar-refractivity contribution >= 4 is 5.69 Å². The molecule has 1 heterocycles. The van der Waals surface area contributed by atoms with Gasteiger partial charge >= 0.3 is 0 Å². The molecule has 17 heavy (non-hydrogen) atoms. The number of imidazole rings is 1. The van der Waals surface area contributed by atoms with Crippen molar-refractivity contribution in [1.29, 1.82) is 0 Å². The topological polar surface area (TPSA) is 46.9 Å². The number of aryl methyl sites for hydroxylation is 3. The molecule has 2 aromatic rings. The maximum Gasteiger partial charge on any atom is 0.231 e. The van der Waals surface area contributed by atoms with Crippen LogP contribution in [0.4, 0.5) is 5.69 Å². The van der Waals surface area contributed by atoms with E-state index in [2.05, 4.69) is 15.4 Å². The summed E-state index contributed by atoms with van der Waals surface area (Å²) in [5, 5.41) is 11.9. The molecule has 0 saturated carbocycles. The van der Waals surface area contributed by atoms with Gasteiger partial charge in [-0.3, -0.25) is 0 Å². The Balaban J connectivity index is 2.23. The molecule has 0 N–H and O–H groups in total. The van der Waals surface area contributed by atoms with Gasteiger partial charge in [0.15, 0.2) is 0 Å². The van der Waals surface area contributed by atoms with E-state index < -0.39 is 0 Å². The van der Waals surface area contributed by atoms with Crippen LogP contribution in [-0.4, -0.2) is 9.13 Å².